The number of alkyl halides is 3. The summed E-state index contributed by atoms with van der Waals surface area (Å²) in [6.45, 7) is 1.91. The zero-order valence-corrected chi connectivity index (χ0v) is 15.9. The van der Waals surface area contributed by atoms with Crippen LogP contribution in [0.1, 0.15) is 12.5 Å². The summed E-state index contributed by atoms with van der Waals surface area (Å²) in [6.07, 6.45) is -4.70. The van der Waals surface area contributed by atoms with Gasteiger partial charge in [-0.2, -0.15) is 13.2 Å². The van der Waals surface area contributed by atoms with Crippen LogP contribution in [0.25, 0.3) is 0 Å². The second-order valence-electron chi connectivity index (χ2n) is 4.82. The summed E-state index contributed by atoms with van der Waals surface area (Å²) in [5, 5.41) is -0.520. The van der Waals surface area contributed by atoms with E-state index in [2.05, 4.69) is 20.7 Å². The molecule has 0 aliphatic heterocycles. The first kappa shape index (κ1) is 19.9. The average Bonchev–Trinajstić information content (AvgIpc) is 2.50. The summed E-state index contributed by atoms with van der Waals surface area (Å²) in [4.78, 5) is -0.202. The Morgan fingerprint density at radius 1 is 1.20 bits per heavy atom. The summed E-state index contributed by atoms with van der Waals surface area (Å²) in [5.74, 6) is 0.0863. The molecule has 136 valence electrons. The molecule has 0 aromatic heterocycles. The van der Waals surface area contributed by atoms with E-state index in [9.17, 15) is 21.6 Å². The summed E-state index contributed by atoms with van der Waals surface area (Å²) < 4.78 is 71.7. The number of rotatable bonds is 5. The molecule has 0 spiro atoms. The first-order chi connectivity index (χ1) is 11.5. The largest absolute Gasteiger partial charge is 0.492 e. The third-order valence-corrected chi connectivity index (χ3v) is 5.24. The molecule has 2 aromatic rings. The molecular formula is C15H12BrClF3NO3S. The third-order valence-electron chi connectivity index (χ3n) is 3.02. The van der Waals surface area contributed by atoms with E-state index in [4.69, 9.17) is 16.3 Å². The van der Waals surface area contributed by atoms with E-state index in [0.717, 1.165) is 12.1 Å². The monoisotopic (exact) mass is 457 g/mol. The van der Waals surface area contributed by atoms with Gasteiger partial charge in [-0.1, -0.05) is 27.5 Å². The van der Waals surface area contributed by atoms with Gasteiger partial charge in [0, 0.05) is 10.2 Å². The van der Waals surface area contributed by atoms with Gasteiger partial charge < -0.3 is 4.74 Å². The van der Waals surface area contributed by atoms with E-state index >= 15 is 0 Å². The van der Waals surface area contributed by atoms with Crippen LogP contribution in [0.4, 0.5) is 18.9 Å². The Labute approximate surface area is 156 Å². The van der Waals surface area contributed by atoms with Crippen LogP contribution in [0.3, 0.4) is 0 Å². The predicted molar refractivity (Wildman–Crippen MR) is 92.6 cm³/mol. The summed E-state index contributed by atoms with van der Waals surface area (Å²) in [7, 11) is -4.18. The molecule has 0 radical (unpaired) electrons. The van der Waals surface area contributed by atoms with Gasteiger partial charge in [-0.15, -0.1) is 0 Å². The predicted octanol–water partition coefficient (Wildman–Crippen LogP) is 5.32. The van der Waals surface area contributed by atoms with Crippen molar-refractivity contribution in [2.45, 2.75) is 18.0 Å². The van der Waals surface area contributed by atoms with Gasteiger partial charge in [0.15, 0.2) is 0 Å². The molecule has 0 saturated heterocycles. The molecule has 0 amide bonds. The maximum atomic E-state index is 12.9. The van der Waals surface area contributed by atoms with Gasteiger partial charge >= 0.3 is 6.18 Å². The van der Waals surface area contributed by atoms with Crippen molar-refractivity contribution in [2.75, 3.05) is 11.3 Å². The maximum Gasteiger partial charge on any atom is 0.417 e. The van der Waals surface area contributed by atoms with Crippen LogP contribution in [-0.4, -0.2) is 15.0 Å². The Bertz CT molecular complexity index is 888. The minimum atomic E-state index is -4.70. The summed E-state index contributed by atoms with van der Waals surface area (Å²) in [5.41, 5.74) is -1.40. The highest BCUT2D eigenvalue weighted by Gasteiger charge is 2.33. The van der Waals surface area contributed by atoms with E-state index in [1.165, 1.54) is 12.1 Å². The van der Waals surface area contributed by atoms with Crippen LogP contribution >= 0.6 is 27.5 Å². The van der Waals surface area contributed by atoms with Crippen LogP contribution in [0.15, 0.2) is 45.8 Å². The van der Waals surface area contributed by atoms with Crippen molar-refractivity contribution < 1.29 is 26.3 Å². The van der Waals surface area contributed by atoms with E-state index in [-0.39, 0.29) is 22.9 Å². The molecule has 25 heavy (non-hydrogen) atoms. The molecule has 1 N–H and O–H groups in total. The molecule has 0 heterocycles. The first-order valence-electron chi connectivity index (χ1n) is 6.86. The number of hydrogen-bond donors (Lipinski definition) is 1. The lowest BCUT2D eigenvalue weighted by Crippen LogP contribution is -2.15. The molecule has 2 aromatic carbocycles. The van der Waals surface area contributed by atoms with Crippen molar-refractivity contribution in [3.63, 3.8) is 0 Å². The van der Waals surface area contributed by atoms with Crippen molar-refractivity contribution in [1.29, 1.82) is 0 Å². The first-order valence-corrected chi connectivity index (χ1v) is 9.52. The quantitative estimate of drug-likeness (QED) is 0.660. The molecular weight excluding hydrogens is 447 g/mol. The van der Waals surface area contributed by atoms with Crippen LogP contribution in [0.2, 0.25) is 5.02 Å². The molecule has 0 aliphatic rings. The molecule has 0 fully saturated rings. The second-order valence-corrected chi connectivity index (χ2v) is 7.80. The lowest BCUT2D eigenvalue weighted by molar-refractivity contribution is -0.137. The Hall–Kier alpha value is -1.45. The Morgan fingerprint density at radius 2 is 1.88 bits per heavy atom. The van der Waals surface area contributed by atoms with Crippen molar-refractivity contribution in [3.05, 3.63) is 51.5 Å². The number of anilines is 1. The fourth-order valence-corrected chi connectivity index (χ4v) is 3.94. The molecule has 0 bridgehead atoms. The maximum absolute atomic E-state index is 12.9. The second kappa shape index (κ2) is 7.43. The lowest BCUT2D eigenvalue weighted by atomic mass is 10.2. The van der Waals surface area contributed by atoms with Crippen molar-refractivity contribution in [1.82, 2.24) is 0 Å². The minimum absolute atomic E-state index is 0.0863. The molecule has 0 saturated carbocycles. The minimum Gasteiger partial charge on any atom is -0.492 e. The number of ether oxygens (including phenoxy) is 1. The van der Waals surface area contributed by atoms with Gasteiger partial charge in [-0.25, -0.2) is 8.42 Å². The van der Waals surface area contributed by atoms with Crippen molar-refractivity contribution >= 4 is 43.2 Å². The number of sulfonamides is 1. The zero-order valence-electron chi connectivity index (χ0n) is 12.7. The lowest BCUT2D eigenvalue weighted by Gasteiger charge is -2.15. The molecule has 2 rings (SSSR count). The van der Waals surface area contributed by atoms with E-state index in [1.807, 2.05) is 0 Å². The van der Waals surface area contributed by atoms with Gasteiger partial charge in [-0.05, 0) is 43.3 Å². The molecule has 0 aliphatic carbocycles. The normalized spacial score (nSPS) is 12.1. The summed E-state index contributed by atoms with van der Waals surface area (Å²) in [6, 6.07) is 7.10. The van der Waals surface area contributed by atoms with E-state index in [0.29, 0.717) is 10.5 Å². The average molecular weight is 459 g/mol. The summed E-state index contributed by atoms with van der Waals surface area (Å²) >= 11 is 8.69. The fraction of sp³-hybridized carbons (Fsp3) is 0.200. The number of nitrogens with one attached hydrogen (secondary N) is 1. The molecule has 0 unspecified atom stereocenters. The number of benzene rings is 2. The van der Waals surface area contributed by atoms with Gasteiger partial charge in [0.2, 0.25) is 0 Å². The Balaban J connectivity index is 2.45. The highest BCUT2D eigenvalue weighted by Crippen LogP contribution is 2.37. The van der Waals surface area contributed by atoms with E-state index in [1.54, 1.807) is 13.0 Å². The zero-order chi connectivity index (χ0) is 18.8. The van der Waals surface area contributed by atoms with Crippen LogP contribution < -0.4 is 9.46 Å². The smallest absolute Gasteiger partial charge is 0.417 e. The van der Waals surface area contributed by atoms with E-state index < -0.39 is 26.8 Å². The SMILES string of the molecule is CCOc1ccc(Br)cc1S(=O)(=O)Nc1ccc(Cl)c(C(F)(F)F)c1. The van der Waals surface area contributed by atoms with Gasteiger partial charge in [-0.3, -0.25) is 4.72 Å². The number of halogens is 5. The highest BCUT2D eigenvalue weighted by molar-refractivity contribution is 9.10. The number of hydrogen-bond acceptors (Lipinski definition) is 3. The molecule has 10 heteroatoms. The molecule has 0 atom stereocenters. The highest BCUT2D eigenvalue weighted by atomic mass is 79.9. The van der Waals surface area contributed by atoms with Gasteiger partial charge in [0.05, 0.1) is 17.2 Å². The van der Waals surface area contributed by atoms with Crippen molar-refractivity contribution in [2.24, 2.45) is 0 Å². The van der Waals surface area contributed by atoms with Crippen LogP contribution in [0.5, 0.6) is 5.75 Å². The fourth-order valence-electron chi connectivity index (χ4n) is 1.98. The van der Waals surface area contributed by atoms with Crippen LogP contribution in [0, 0.1) is 0 Å². The van der Waals surface area contributed by atoms with Crippen LogP contribution in [-0.2, 0) is 16.2 Å². The standard InChI is InChI=1S/C15H12BrClF3NO3S/c1-2-24-13-6-3-9(16)7-14(13)25(22,23)21-10-4-5-12(17)11(8-10)15(18,19)20/h3-8,21H,2H2,1H3. The van der Waals surface area contributed by atoms with Crippen molar-refractivity contribution in [3.8, 4) is 5.75 Å². The van der Waals surface area contributed by atoms with Gasteiger partial charge in [0.1, 0.15) is 10.6 Å². The molecule has 4 nitrogen and oxygen atoms in total. The Kier molecular flexibility index (Phi) is 5.90. The van der Waals surface area contributed by atoms with Gasteiger partial charge in [0.25, 0.3) is 10.0 Å². The Morgan fingerprint density at radius 3 is 2.48 bits per heavy atom. The topological polar surface area (TPSA) is 55.4 Å². The third kappa shape index (κ3) is 4.80.